The minimum atomic E-state index is -0.711. The van der Waals surface area contributed by atoms with Gasteiger partial charge in [0.05, 0.1) is 6.10 Å². The number of aliphatic hydroxyl groups excluding tert-OH is 1. The predicted molar refractivity (Wildman–Crippen MR) is 84.2 cm³/mol. The molecule has 0 aliphatic heterocycles. The minimum absolute atomic E-state index is 0.0879. The Hall–Kier alpha value is -1.39. The van der Waals surface area contributed by atoms with Gasteiger partial charge in [0.15, 0.2) is 0 Å². The Morgan fingerprint density at radius 2 is 1.86 bits per heavy atom. The monoisotopic (exact) mass is 293 g/mol. The SMILES string of the molecule is CCO[C@@H](C)C(=O)NC[C@@H](O)c1ccc(C(C)(C)C)cc1. The van der Waals surface area contributed by atoms with Gasteiger partial charge in [0.2, 0.25) is 5.91 Å². The molecule has 0 aromatic heterocycles. The highest BCUT2D eigenvalue weighted by atomic mass is 16.5. The molecule has 0 aliphatic carbocycles. The Labute approximate surface area is 127 Å². The zero-order valence-electron chi connectivity index (χ0n) is 13.6. The van der Waals surface area contributed by atoms with Crippen LogP contribution in [0.1, 0.15) is 51.8 Å². The van der Waals surface area contributed by atoms with Crippen molar-refractivity contribution in [3.63, 3.8) is 0 Å². The van der Waals surface area contributed by atoms with Crippen LogP contribution < -0.4 is 5.32 Å². The van der Waals surface area contributed by atoms with Crippen molar-refractivity contribution in [3.8, 4) is 0 Å². The molecule has 4 heteroatoms. The van der Waals surface area contributed by atoms with Gasteiger partial charge in [-0.25, -0.2) is 0 Å². The highest BCUT2D eigenvalue weighted by molar-refractivity contribution is 5.80. The van der Waals surface area contributed by atoms with Crippen LogP contribution in [0.3, 0.4) is 0 Å². The average molecular weight is 293 g/mol. The van der Waals surface area contributed by atoms with Gasteiger partial charge in [-0.05, 0) is 30.4 Å². The number of nitrogens with one attached hydrogen (secondary N) is 1. The van der Waals surface area contributed by atoms with Crippen LogP contribution in [-0.2, 0) is 14.9 Å². The van der Waals surface area contributed by atoms with Gasteiger partial charge in [-0.3, -0.25) is 4.79 Å². The second-order valence-electron chi connectivity index (χ2n) is 6.23. The quantitative estimate of drug-likeness (QED) is 0.847. The van der Waals surface area contributed by atoms with Crippen molar-refractivity contribution in [1.29, 1.82) is 0 Å². The van der Waals surface area contributed by atoms with E-state index >= 15 is 0 Å². The van der Waals surface area contributed by atoms with Gasteiger partial charge in [-0.2, -0.15) is 0 Å². The summed E-state index contributed by atoms with van der Waals surface area (Å²) < 4.78 is 5.20. The van der Waals surface area contributed by atoms with Gasteiger partial charge in [0.1, 0.15) is 6.10 Å². The van der Waals surface area contributed by atoms with Crippen LogP contribution in [0.2, 0.25) is 0 Å². The fourth-order valence-electron chi connectivity index (χ4n) is 1.99. The van der Waals surface area contributed by atoms with Crippen LogP contribution in [0.15, 0.2) is 24.3 Å². The van der Waals surface area contributed by atoms with Crippen LogP contribution >= 0.6 is 0 Å². The molecule has 1 aromatic carbocycles. The molecule has 1 amide bonds. The first-order valence-corrected chi connectivity index (χ1v) is 7.43. The molecule has 4 nitrogen and oxygen atoms in total. The van der Waals surface area contributed by atoms with Gasteiger partial charge >= 0.3 is 0 Å². The summed E-state index contributed by atoms with van der Waals surface area (Å²) in [7, 11) is 0. The Morgan fingerprint density at radius 3 is 2.33 bits per heavy atom. The number of amides is 1. The van der Waals surface area contributed by atoms with E-state index in [4.69, 9.17) is 4.74 Å². The number of ether oxygens (including phenoxy) is 1. The number of rotatable bonds is 6. The Bertz CT molecular complexity index is 448. The maximum atomic E-state index is 11.7. The molecule has 2 atom stereocenters. The third kappa shape index (κ3) is 5.48. The average Bonchev–Trinajstić information content (AvgIpc) is 2.43. The first kappa shape index (κ1) is 17.7. The number of aliphatic hydroxyl groups is 1. The first-order valence-electron chi connectivity index (χ1n) is 7.43. The summed E-state index contributed by atoms with van der Waals surface area (Å²) in [6, 6.07) is 7.85. The molecule has 0 saturated heterocycles. The lowest BCUT2D eigenvalue weighted by Crippen LogP contribution is -2.37. The van der Waals surface area contributed by atoms with Crippen molar-refractivity contribution < 1.29 is 14.6 Å². The third-order valence-corrected chi connectivity index (χ3v) is 3.42. The summed E-state index contributed by atoms with van der Waals surface area (Å²) in [4.78, 5) is 11.7. The van der Waals surface area contributed by atoms with Gasteiger partial charge in [-0.1, -0.05) is 45.0 Å². The maximum absolute atomic E-state index is 11.7. The lowest BCUT2D eigenvalue weighted by atomic mass is 9.86. The van der Waals surface area contributed by atoms with E-state index in [1.54, 1.807) is 6.92 Å². The summed E-state index contributed by atoms with van der Waals surface area (Å²) in [6.45, 7) is 10.7. The largest absolute Gasteiger partial charge is 0.387 e. The lowest BCUT2D eigenvalue weighted by Gasteiger charge is -2.20. The molecule has 2 N–H and O–H groups in total. The second-order valence-corrected chi connectivity index (χ2v) is 6.23. The molecular formula is C17H27NO3. The second kappa shape index (κ2) is 7.57. The van der Waals surface area contributed by atoms with Crippen molar-refractivity contribution in [2.24, 2.45) is 0 Å². The van der Waals surface area contributed by atoms with E-state index < -0.39 is 12.2 Å². The molecule has 0 bridgehead atoms. The molecule has 0 spiro atoms. The number of hydrogen-bond donors (Lipinski definition) is 2. The molecule has 0 saturated carbocycles. The van der Waals surface area contributed by atoms with Gasteiger partial charge < -0.3 is 15.2 Å². The van der Waals surface area contributed by atoms with Crippen LogP contribution in [0.5, 0.6) is 0 Å². The zero-order chi connectivity index (χ0) is 16.0. The van der Waals surface area contributed by atoms with Crippen molar-refractivity contribution in [1.82, 2.24) is 5.32 Å². The Balaban J connectivity index is 2.56. The topological polar surface area (TPSA) is 58.6 Å². The third-order valence-electron chi connectivity index (χ3n) is 3.42. The number of carbonyl (C=O) groups is 1. The molecule has 21 heavy (non-hydrogen) atoms. The van der Waals surface area contributed by atoms with Crippen LogP contribution in [0.4, 0.5) is 0 Å². The lowest BCUT2D eigenvalue weighted by molar-refractivity contribution is -0.131. The molecule has 0 unspecified atom stereocenters. The fourth-order valence-corrected chi connectivity index (χ4v) is 1.99. The Morgan fingerprint density at radius 1 is 1.29 bits per heavy atom. The van der Waals surface area contributed by atoms with Crippen LogP contribution in [0, 0.1) is 0 Å². The van der Waals surface area contributed by atoms with E-state index in [1.165, 1.54) is 5.56 Å². The molecule has 1 aromatic rings. The summed E-state index contributed by atoms with van der Waals surface area (Å²) in [5.41, 5.74) is 2.10. The van der Waals surface area contributed by atoms with E-state index in [9.17, 15) is 9.90 Å². The zero-order valence-corrected chi connectivity index (χ0v) is 13.6. The van der Waals surface area contributed by atoms with E-state index in [1.807, 2.05) is 31.2 Å². The fraction of sp³-hybridized carbons (Fsp3) is 0.588. The maximum Gasteiger partial charge on any atom is 0.248 e. The summed E-state index contributed by atoms with van der Waals surface area (Å²) in [6.07, 6.45) is -1.21. The van der Waals surface area contributed by atoms with Gasteiger partial charge in [-0.15, -0.1) is 0 Å². The minimum Gasteiger partial charge on any atom is -0.387 e. The van der Waals surface area contributed by atoms with Crippen molar-refractivity contribution in [2.75, 3.05) is 13.2 Å². The molecule has 0 radical (unpaired) electrons. The summed E-state index contributed by atoms with van der Waals surface area (Å²) in [5.74, 6) is -0.206. The van der Waals surface area contributed by atoms with E-state index in [-0.39, 0.29) is 17.9 Å². The van der Waals surface area contributed by atoms with Gasteiger partial charge in [0, 0.05) is 13.2 Å². The number of hydrogen-bond acceptors (Lipinski definition) is 3. The Kier molecular flexibility index (Phi) is 6.37. The molecule has 0 heterocycles. The van der Waals surface area contributed by atoms with Crippen LogP contribution in [-0.4, -0.2) is 30.3 Å². The highest BCUT2D eigenvalue weighted by Crippen LogP contribution is 2.23. The van der Waals surface area contributed by atoms with E-state index in [0.717, 1.165) is 5.56 Å². The standard InChI is InChI=1S/C17H27NO3/c1-6-21-12(2)16(20)18-11-15(19)13-7-9-14(10-8-13)17(3,4)5/h7-10,12,15,19H,6,11H2,1-5H3,(H,18,20)/t12-,15+/m0/s1. The normalized spacial score (nSPS) is 14.6. The van der Waals surface area contributed by atoms with Crippen LogP contribution in [0.25, 0.3) is 0 Å². The van der Waals surface area contributed by atoms with E-state index in [0.29, 0.717) is 6.61 Å². The molecular weight excluding hydrogens is 266 g/mol. The molecule has 1 rings (SSSR count). The predicted octanol–water partition coefficient (Wildman–Crippen LogP) is 2.56. The van der Waals surface area contributed by atoms with Crippen molar-refractivity contribution >= 4 is 5.91 Å². The molecule has 118 valence electrons. The first-order chi connectivity index (χ1) is 9.75. The summed E-state index contributed by atoms with van der Waals surface area (Å²) in [5, 5.41) is 12.8. The van der Waals surface area contributed by atoms with E-state index in [2.05, 4.69) is 26.1 Å². The smallest absolute Gasteiger partial charge is 0.248 e. The van der Waals surface area contributed by atoms with Crippen molar-refractivity contribution in [3.05, 3.63) is 35.4 Å². The summed E-state index contributed by atoms with van der Waals surface area (Å²) >= 11 is 0. The van der Waals surface area contributed by atoms with Crippen molar-refractivity contribution in [2.45, 2.75) is 52.2 Å². The highest BCUT2D eigenvalue weighted by Gasteiger charge is 2.16. The molecule has 0 fully saturated rings. The number of benzene rings is 1. The van der Waals surface area contributed by atoms with Gasteiger partial charge in [0.25, 0.3) is 0 Å². The molecule has 0 aliphatic rings. The number of carbonyl (C=O) groups excluding carboxylic acids is 1.